The zero-order valence-corrected chi connectivity index (χ0v) is 20.2. The summed E-state index contributed by atoms with van der Waals surface area (Å²) in [5.41, 5.74) is 2.44. The molecule has 0 spiro atoms. The topological polar surface area (TPSA) is 45.7 Å². The number of aromatic nitrogens is 1. The van der Waals surface area contributed by atoms with Crippen LogP contribution in [0.2, 0.25) is 0 Å². The van der Waals surface area contributed by atoms with Gasteiger partial charge in [-0.15, -0.1) is 0 Å². The number of hydrogen-bond acceptors (Lipinski definition) is 5. The molecule has 0 atom stereocenters. The fourth-order valence-electron chi connectivity index (χ4n) is 5.17. The van der Waals surface area contributed by atoms with Gasteiger partial charge in [0, 0.05) is 32.1 Å². The lowest BCUT2D eigenvalue weighted by molar-refractivity contribution is -0.137. The molecule has 33 heavy (non-hydrogen) atoms. The summed E-state index contributed by atoms with van der Waals surface area (Å²) in [7, 11) is 0. The van der Waals surface area contributed by atoms with E-state index in [1.165, 1.54) is 5.56 Å². The smallest absolute Gasteiger partial charge is 0.225 e. The number of rotatable bonds is 6. The number of anilines is 1. The van der Waals surface area contributed by atoms with Gasteiger partial charge < -0.3 is 14.5 Å². The molecule has 6 heteroatoms. The van der Waals surface area contributed by atoms with Gasteiger partial charge in [0.05, 0.1) is 16.8 Å². The molecule has 2 aromatic carbocycles. The lowest BCUT2D eigenvalue weighted by Gasteiger charge is -2.37. The Labute approximate surface area is 200 Å². The van der Waals surface area contributed by atoms with Crippen LogP contribution in [0.5, 0.6) is 5.75 Å². The first-order chi connectivity index (χ1) is 16.2. The van der Waals surface area contributed by atoms with Crippen molar-refractivity contribution >= 4 is 32.6 Å². The molecule has 2 aliphatic rings. The lowest BCUT2D eigenvalue weighted by atomic mass is 9.88. The van der Waals surface area contributed by atoms with Crippen LogP contribution in [0.3, 0.4) is 0 Å². The number of likely N-dealkylation sites (tertiary alicyclic amines) is 1. The predicted octanol–water partition coefficient (Wildman–Crippen LogP) is 5.39. The van der Waals surface area contributed by atoms with Gasteiger partial charge in [-0.1, -0.05) is 41.7 Å². The van der Waals surface area contributed by atoms with Gasteiger partial charge >= 0.3 is 0 Å². The standard InChI is InChI=1S/C27H33N3O2S/c1-2-32-23-8-9-24-25(19-23)33-27(28-24)30-16-12-22(13-17-30)26(31)29-14-10-21(11-15-29)18-20-6-4-3-5-7-20/h3-9,19,21-22H,2,10-18H2,1H3. The van der Waals surface area contributed by atoms with Crippen molar-refractivity contribution in [2.45, 2.75) is 39.0 Å². The molecule has 174 valence electrons. The van der Waals surface area contributed by atoms with Gasteiger partial charge in [-0.05, 0) is 68.7 Å². The Hall–Kier alpha value is -2.60. The first-order valence-corrected chi connectivity index (χ1v) is 13.1. The Bertz CT molecular complexity index is 1070. The van der Waals surface area contributed by atoms with Crippen LogP contribution in [0.4, 0.5) is 5.13 Å². The van der Waals surface area contributed by atoms with Gasteiger partial charge in [0.1, 0.15) is 5.75 Å². The third-order valence-corrected chi connectivity index (χ3v) is 8.15. The number of carbonyl (C=O) groups excluding carboxylic acids is 1. The van der Waals surface area contributed by atoms with Crippen LogP contribution in [0.25, 0.3) is 10.2 Å². The van der Waals surface area contributed by atoms with Crippen LogP contribution in [0, 0.1) is 11.8 Å². The van der Waals surface area contributed by atoms with Crippen molar-refractivity contribution in [1.29, 1.82) is 0 Å². The number of benzene rings is 2. The van der Waals surface area contributed by atoms with Gasteiger partial charge in [0.15, 0.2) is 5.13 Å². The molecular weight excluding hydrogens is 430 g/mol. The number of amides is 1. The number of thiazole rings is 1. The molecule has 1 aromatic heterocycles. The Morgan fingerprint density at radius 2 is 1.79 bits per heavy atom. The van der Waals surface area contributed by atoms with E-state index in [4.69, 9.17) is 9.72 Å². The van der Waals surface area contributed by atoms with Gasteiger partial charge in [0.25, 0.3) is 0 Å². The first-order valence-electron chi connectivity index (χ1n) is 12.3. The second-order valence-electron chi connectivity index (χ2n) is 9.28. The van der Waals surface area contributed by atoms with Crippen LogP contribution in [-0.4, -0.2) is 48.6 Å². The Morgan fingerprint density at radius 1 is 1.03 bits per heavy atom. The molecule has 2 fully saturated rings. The second-order valence-corrected chi connectivity index (χ2v) is 10.3. The third kappa shape index (κ3) is 5.16. The fraction of sp³-hybridized carbons (Fsp3) is 0.481. The molecule has 3 heterocycles. The summed E-state index contributed by atoms with van der Waals surface area (Å²) in [6.07, 6.45) is 5.21. The number of ether oxygens (including phenoxy) is 1. The van der Waals surface area contributed by atoms with Gasteiger partial charge in [-0.3, -0.25) is 4.79 Å². The van der Waals surface area contributed by atoms with Crippen LogP contribution in [0.1, 0.15) is 38.2 Å². The van der Waals surface area contributed by atoms with E-state index in [0.717, 1.165) is 79.4 Å². The molecule has 0 bridgehead atoms. The third-order valence-electron chi connectivity index (χ3n) is 7.07. The summed E-state index contributed by atoms with van der Waals surface area (Å²) in [5.74, 6) is 2.13. The minimum atomic E-state index is 0.158. The van der Waals surface area contributed by atoms with Crippen molar-refractivity contribution in [3.8, 4) is 5.75 Å². The second kappa shape index (κ2) is 10.1. The van der Waals surface area contributed by atoms with Gasteiger partial charge in [-0.25, -0.2) is 4.98 Å². The molecule has 1 amide bonds. The molecule has 0 saturated carbocycles. The maximum atomic E-state index is 13.2. The molecule has 2 saturated heterocycles. The highest BCUT2D eigenvalue weighted by molar-refractivity contribution is 7.22. The van der Waals surface area contributed by atoms with E-state index in [0.29, 0.717) is 18.4 Å². The van der Waals surface area contributed by atoms with Crippen LogP contribution < -0.4 is 9.64 Å². The molecular formula is C27H33N3O2S. The number of carbonyl (C=O) groups is 1. The fourth-order valence-corrected chi connectivity index (χ4v) is 6.21. The normalized spacial score (nSPS) is 18.1. The summed E-state index contributed by atoms with van der Waals surface area (Å²) in [5, 5.41) is 1.06. The Morgan fingerprint density at radius 3 is 2.52 bits per heavy atom. The van der Waals surface area contributed by atoms with Crippen molar-refractivity contribution in [3.63, 3.8) is 0 Å². The van der Waals surface area contributed by atoms with Crippen molar-refractivity contribution in [3.05, 3.63) is 54.1 Å². The van der Waals surface area contributed by atoms with E-state index in [2.05, 4.69) is 46.2 Å². The Kier molecular flexibility index (Phi) is 6.81. The molecule has 5 nitrogen and oxygen atoms in total. The zero-order valence-electron chi connectivity index (χ0n) is 19.4. The average Bonchev–Trinajstić information content (AvgIpc) is 3.29. The summed E-state index contributed by atoms with van der Waals surface area (Å²) >= 11 is 1.72. The SMILES string of the molecule is CCOc1ccc2nc(N3CCC(C(=O)N4CCC(Cc5ccccc5)CC4)CC3)sc2c1. The number of nitrogens with zero attached hydrogens (tertiary/aromatic N) is 3. The summed E-state index contributed by atoms with van der Waals surface area (Å²) < 4.78 is 6.79. The van der Waals surface area contributed by atoms with Crippen LogP contribution in [-0.2, 0) is 11.2 Å². The highest BCUT2D eigenvalue weighted by Crippen LogP contribution is 2.34. The molecule has 5 rings (SSSR count). The molecule has 0 aliphatic carbocycles. The zero-order chi connectivity index (χ0) is 22.6. The lowest BCUT2D eigenvalue weighted by Crippen LogP contribution is -2.45. The summed E-state index contributed by atoms with van der Waals surface area (Å²) in [6.45, 7) is 6.30. The van der Waals surface area contributed by atoms with Gasteiger partial charge in [0.2, 0.25) is 5.91 Å². The van der Waals surface area contributed by atoms with Crippen LogP contribution >= 0.6 is 11.3 Å². The van der Waals surface area contributed by atoms with Gasteiger partial charge in [-0.2, -0.15) is 0 Å². The summed E-state index contributed by atoms with van der Waals surface area (Å²) in [6, 6.07) is 16.9. The highest BCUT2D eigenvalue weighted by atomic mass is 32.1. The maximum absolute atomic E-state index is 13.2. The van der Waals surface area contributed by atoms with Crippen LogP contribution in [0.15, 0.2) is 48.5 Å². The van der Waals surface area contributed by atoms with Crippen molar-refractivity contribution in [2.75, 3.05) is 37.7 Å². The molecule has 0 radical (unpaired) electrons. The average molecular weight is 464 g/mol. The van der Waals surface area contributed by atoms with Crippen molar-refractivity contribution in [1.82, 2.24) is 9.88 Å². The molecule has 3 aromatic rings. The Balaban J connectivity index is 1.12. The largest absolute Gasteiger partial charge is 0.494 e. The summed E-state index contributed by atoms with van der Waals surface area (Å²) in [4.78, 5) is 22.5. The number of fused-ring (bicyclic) bond motifs is 1. The van der Waals surface area contributed by atoms with E-state index < -0.39 is 0 Å². The van der Waals surface area contributed by atoms with E-state index in [1.807, 2.05) is 19.1 Å². The minimum absolute atomic E-state index is 0.158. The minimum Gasteiger partial charge on any atom is -0.494 e. The molecule has 0 unspecified atom stereocenters. The van der Waals surface area contributed by atoms with Crippen molar-refractivity contribution in [2.24, 2.45) is 11.8 Å². The van der Waals surface area contributed by atoms with E-state index >= 15 is 0 Å². The number of piperidine rings is 2. The van der Waals surface area contributed by atoms with E-state index in [-0.39, 0.29) is 5.92 Å². The highest BCUT2D eigenvalue weighted by Gasteiger charge is 2.31. The quantitative estimate of drug-likeness (QED) is 0.492. The number of hydrogen-bond donors (Lipinski definition) is 0. The predicted molar refractivity (Wildman–Crippen MR) is 135 cm³/mol. The molecule has 0 N–H and O–H groups in total. The monoisotopic (exact) mass is 463 g/mol. The van der Waals surface area contributed by atoms with Crippen molar-refractivity contribution < 1.29 is 9.53 Å². The maximum Gasteiger partial charge on any atom is 0.225 e. The van der Waals surface area contributed by atoms with E-state index in [1.54, 1.807) is 11.3 Å². The molecule has 2 aliphatic heterocycles. The van der Waals surface area contributed by atoms with E-state index in [9.17, 15) is 4.79 Å². The first kappa shape index (κ1) is 22.2.